The van der Waals surface area contributed by atoms with Gasteiger partial charge in [0.15, 0.2) is 0 Å². The molecule has 3 N–H and O–H groups in total. The van der Waals surface area contributed by atoms with Crippen LogP contribution < -0.4 is 10.9 Å². The van der Waals surface area contributed by atoms with E-state index < -0.39 is 0 Å². The van der Waals surface area contributed by atoms with Crippen molar-refractivity contribution in [2.24, 2.45) is 5.92 Å². The van der Waals surface area contributed by atoms with E-state index >= 15 is 0 Å². The van der Waals surface area contributed by atoms with Crippen LogP contribution in [0.3, 0.4) is 0 Å². The summed E-state index contributed by atoms with van der Waals surface area (Å²) in [6, 6.07) is 3.58. The number of aromatic nitrogens is 2. The molecule has 1 aliphatic heterocycles. The number of pyridine rings is 1. The van der Waals surface area contributed by atoms with Gasteiger partial charge >= 0.3 is 0 Å². The summed E-state index contributed by atoms with van der Waals surface area (Å²) < 4.78 is 6.81. The Kier molecular flexibility index (Phi) is 3.90. The highest BCUT2D eigenvalue weighted by molar-refractivity contribution is 5.71. The summed E-state index contributed by atoms with van der Waals surface area (Å²) in [4.78, 5) is 0. The lowest BCUT2D eigenvalue weighted by Gasteiger charge is -2.22. The number of ether oxygens (including phenoxy) is 1. The molecule has 21 heavy (non-hydrogen) atoms. The van der Waals surface area contributed by atoms with Gasteiger partial charge < -0.3 is 15.3 Å². The van der Waals surface area contributed by atoms with Gasteiger partial charge in [0.1, 0.15) is 22.9 Å². The van der Waals surface area contributed by atoms with Gasteiger partial charge in [0.25, 0.3) is 0 Å². The van der Waals surface area contributed by atoms with Gasteiger partial charge in [-0.25, -0.2) is 9.94 Å². The lowest BCUT2D eigenvalue weighted by Crippen LogP contribution is -2.31. The second-order valence-corrected chi connectivity index (χ2v) is 5.14. The molecular formula is C14H17N5O2. The van der Waals surface area contributed by atoms with Crippen LogP contribution in [0.5, 0.6) is 5.75 Å². The summed E-state index contributed by atoms with van der Waals surface area (Å²) in [5.74, 6) is 0.625. The van der Waals surface area contributed by atoms with Crippen molar-refractivity contribution in [3.63, 3.8) is 0 Å². The van der Waals surface area contributed by atoms with Crippen LogP contribution in [0.1, 0.15) is 18.4 Å². The first-order chi connectivity index (χ1) is 10.3. The van der Waals surface area contributed by atoms with Crippen LogP contribution in [-0.4, -0.2) is 34.5 Å². The van der Waals surface area contributed by atoms with E-state index in [4.69, 9.17) is 10.00 Å². The van der Waals surface area contributed by atoms with Crippen molar-refractivity contribution in [1.29, 1.82) is 5.26 Å². The van der Waals surface area contributed by atoms with E-state index in [0.29, 0.717) is 22.7 Å². The van der Waals surface area contributed by atoms with Crippen molar-refractivity contribution in [2.45, 2.75) is 12.8 Å². The summed E-state index contributed by atoms with van der Waals surface area (Å²) in [6.07, 6.45) is 5.29. The Bertz CT molecular complexity index is 670. The fourth-order valence-electron chi connectivity index (χ4n) is 2.50. The molecule has 110 valence electrons. The molecule has 7 heteroatoms. The van der Waals surface area contributed by atoms with Crippen LogP contribution in [0.15, 0.2) is 18.5 Å². The van der Waals surface area contributed by atoms with Crippen LogP contribution in [0, 0.1) is 17.2 Å². The lowest BCUT2D eigenvalue weighted by molar-refractivity contribution is 0.0668. The topological polar surface area (TPSA) is 94.6 Å². The Morgan fingerprint density at radius 3 is 3.05 bits per heavy atom. The lowest BCUT2D eigenvalue weighted by atomic mass is 10.0. The normalized spacial score (nSPS) is 16.0. The van der Waals surface area contributed by atoms with Crippen LogP contribution >= 0.6 is 0 Å². The van der Waals surface area contributed by atoms with E-state index in [1.54, 1.807) is 12.3 Å². The Hall–Kier alpha value is -2.30. The van der Waals surface area contributed by atoms with E-state index in [-0.39, 0.29) is 5.75 Å². The first kappa shape index (κ1) is 13.7. The third-order valence-electron chi connectivity index (χ3n) is 3.68. The number of nitriles is 1. The maximum absolute atomic E-state index is 10.0. The quantitative estimate of drug-likeness (QED) is 0.733. The smallest absolute Gasteiger partial charge is 0.144 e. The zero-order chi connectivity index (χ0) is 14.7. The first-order valence-electron chi connectivity index (χ1n) is 6.95. The van der Waals surface area contributed by atoms with Crippen molar-refractivity contribution in [1.82, 2.24) is 15.0 Å². The molecule has 0 spiro atoms. The summed E-state index contributed by atoms with van der Waals surface area (Å²) >= 11 is 0. The fourth-order valence-corrected chi connectivity index (χ4v) is 2.50. The highest BCUT2D eigenvalue weighted by Gasteiger charge is 2.13. The van der Waals surface area contributed by atoms with Gasteiger partial charge in [-0.1, -0.05) is 0 Å². The standard InChI is InChI=1S/C14H17N5O2/c15-6-11-8-17-19-9-12(5-13(20)14(11)19)18-16-7-10-1-3-21-4-2-10/h5,8-10,16,18,20H,1-4,7H2. The number of aromatic hydroxyl groups is 1. The molecule has 0 saturated carbocycles. The number of hydrazine groups is 1. The van der Waals surface area contributed by atoms with Crippen molar-refractivity contribution >= 4 is 11.2 Å². The van der Waals surface area contributed by atoms with E-state index in [0.717, 1.165) is 32.6 Å². The van der Waals surface area contributed by atoms with Gasteiger partial charge in [-0.05, 0) is 18.8 Å². The molecule has 0 aromatic carbocycles. The van der Waals surface area contributed by atoms with Crippen LogP contribution in [0.25, 0.3) is 5.52 Å². The molecule has 7 nitrogen and oxygen atoms in total. The molecule has 0 radical (unpaired) electrons. The maximum atomic E-state index is 10.0. The highest BCUT2D eigenvalue weighted by atomic mass is 16.5. The van der Waals surface area contributed by atoms with Gasteiger partial charge in [-0.2, -0.15) is 10.4 Å². The summed E-state index contributed by atoms with van der Waals surface area (Å²) in [5, 5.41) is 23.0. The molecule has 0 aliphatic carbocycles. The van der Waals surface area contributed by atoms with Crippen molar-refractivity contribution in [3.05, 3.63) is 24.0 Å². The van der Waals surface area contributed by atoms with E-state index in [1.165, 1.54) is 10.7 Å². The van der Waals surface area contributed by atoms with Crippen LogP contribution in [-0.2, 0) is 4.74 Å². The molecule has 0 bridgehead atoms. The monoisotopic (exact) mass is 287 g/mol. The zero-order valence-corrected chi connectivity index (χ0v) is 11.5. The zero-order valence-electron chi connectivity index (χ0n) is 11.5. The minimum Gasteiger partial charge on any atom is -0.506 e. The second kappa shape index (κ2) is 5.99. The van der Waals surface area contributed by atoms with Crippen LogP contribution in [0.4, 0.5) is 5.69 Å². The number of nitrogens with one attached hydrogen (secondary N) is 2. The minimum absolute atomic E-state index is 0.0296. The van der Waals surface area contributed by atoms with Gasteiger partial charge in [0.2, 0.25) is 0 Å². The third kappa shape index (κ3) is 2.91. The van der Waals surface area contributed by atoms with Crippen molar-refractivity contribution in [3.8, 4) is 11.8 Å². The Labute approximate surface area is 122 Å². The molecule has 1 fully saturated rings. The molecule has 2 aromatic heterocycles. The number of fused-ring (bicyclic) bond motifs is 1. The fraction of sp³-hybridized carbons (Fsp3) is 0.429. The molecule has 0 amide bonds. The number of hydrogen-bond donors (Lipinski definition) is 3. The highest BCUT2D eigenvalue weighted by Crippen LogP contribution is 2.25. The molecule has 0 atom stereocenters. The third-order valence-corrected chi connectivity index (χ3v) is 3.68. The van der Waals surface area contributed by atoms with Crippen molar-refractivity contribution < 1.29 is 9.84 Å². The maximum Gasteiger partial charge on any atom is 0.144 e. The van der Waals surface area contributed by atoms with Gasteiger partial charge in [0, 0.05) is 25.8 Å². The molecular weight excluding hydrogens is 270 g/mol. The molecule has 1 aliphatic rings. The molecule has 3 heterocycles. The predicted molar refractivity (Wildman–Crippen MR) is 76.7 cm³/mol. The summed E-state index contributed by atoms with van der Waals surface area (Å²) in [7, 11) is 0. The predicted octanol–water partition coefficient (Wildman–Crippen LogP) is 1.25. The largest absolute Gasteiger partial charge is 0.506 e. The van der Waals surface area contributed by atoms with E-state index in [9.17, 15) is 5.11 Å². The number of anilines is 1. The Morgan fingerprint density at radius 1 is 1.48 bits per heavy atom. The van der Waals surface area contributed by atoms with Gasteiger partial charge in [-0.15, -0.1) is 0 Å². The summed E-state index contributed by atoms with van der Waals surface area (Å²) in [5.41, 5.74) is 7.69. The Morgan fingerprint density at radius 2 is 2.29 bits per heavy atom. The molecule has 1 saturated heterocycles. The van der Waals surface area contributed by atoms with Crippen LogP contribution in [0.2, 0.25) is 0 Å². The molecule has 3 rings (SSSR count). The van der Waals surface area contributed by atoms with Gasteiger partial charge in [0.05, 0.1) is 18.1 Å². The summed E-state index contributed by atoms with van der Waals surface area (Å²) in [6.45, 7) is 2.48. The number of rotatable bonds is 4. The second-order valence-electron chi connectivity index (χ2n) is 5.14. The SMILES string of the molecule is N#Cc1cnn2cc(NNCC3CCOCC3)cc(O)c12. The number of hydrogen-bond acceptors (Lipinski definition) is 6. The molecule has 2 aromatic rings. The van der Waals surface area contributed by atoms with E-state index in [2.05, 4.69) is 16.0 Å². The average Bonchev–Trinajstić information content (AvgIpc) is 2.92. The average molecular weight is 287 g/mol. The van der Waals surface area contributed by atoms with E-state index in [1.807, 2.05) is 6.07 Å². The Balaban J connectivity index is 1.66. The van der Waals surface area contributed by atoms with Crippen molar-refractivity contribution in [2.75, 3.05) is 25.2 Å². The first-order valence-corrected chi connectivity index (χ1v) is 6.95. The molecule has 0 unspecified atom stereocenters. The van der Waals surface area contributed by atoms with Gasteiger partial charge in [-0.3, -0.25) is 0 Å². The minimum atomic E-state index is 0.0296. The number of nitrogens with zero attached hydrogens (tertiary/aromatic N) is 3.